The lowest BCUT2D eigenvalue weighted by molar-refractivity contribution is -0.137. The standard InChI is InChI=1S/C21H18N8O4/c30-18-5-4-17(20(32)25-18)29-9-13-12(21(29)33)2-1-3-14(13)24-19(31)11-28-10-16(26-27-28)15-8-22-6-7-23-15/h1-3,6-8,10,17H,4-5,9,11H2,(H,24,31)(H,25,30,32). The van der Waals surface area contributed by atoms with Gasteiger partial charge in [0.05, 0.1) is 12.4 Å². The maximum atomic E-state index is 12.9. The number of anilines is 1. The lowest BCUT2D eigenvalue weighted by Gasteiger charge is -2.29. The minimum absolute atomic E-state index is 0.0955. The van der Waals surface area contributed by atoms with Crippen LogP contribution in [-0.2, 0) is 27.5 Å². The first-order valence-corrected chi connectivity index (χ1v) is 10.2. The molecule has 0 saturated carbocycles. The molecule has 2 aromatic heterocycles. The summed E-state index contributed by atoms with van der Waals surface area (Å²) < 4.78 is 1.38. The van der Waals surface area contributed by atoms with Crippen LogP contribution in [0.25, 0.3) is 11.4 Å². The van der Waals surface area contributed by atoms with Gasteiger partial charge in [0.2, 0.25) is 17.7 Å². The summed E-state index contributed by atoms with van der Waals surface area (Å²) in [5.41, 5.74) is 2.55. The first-order chi connectivity index (χ1) is 16.0. The molecule has 2 N–H and O–H groups in total. The molecule has 166 valence electrons. The Kier molecular flexibility index (Phi) is 5.09. The van der Waals surface area contributed by atoms with Crippen LogP contribution >= 0.6 is 0 Å². The minimum Gasteiger partial charge on any atom is -0.324 e. The Labute approximate surface area is 187 Å². The van der Waals surface area contributed by atoms with Gasteiger partial charge in [-0.1, -0.05) is 11.3 Å². The number of aromatic nitrogens is 5. The number of piperidine rings is 1. The Hall–Kier alpha value is -4.48. The fourth-order valence-electron chi connectivity index (χ4n) is 3.96. The third-order valence-corrected chi connectivity index (χ3v) is 5.53. The smallest absolute Gasteiger partial charge is 0.255 e. The lowest BCUT2D eigenvalue weighted by Crippen LogP contribution is -2.52. The predicted octanol–water partition coefficient (Wildman–Crippen LogP) is 0.135. The number of nitrogens with one attached hydrogen (secondary N) is 2. The summed E-state index contributed by atoms with van der Waals surface area (Å²) in [5, 5.41) is 13.0. The Balaban J connectivity index is 1.29. The van der Waals surface area contributed by atoms with Gasteiger partial charge in [0.1, 0.15) is 24.0 Å². The second-order valence-corrected chi connectivity index (χ2v) is 7.67. The van der Waals surface area contributed by atoms with Crippen molar-refractivity contribution in [3.8, 4) is 11.4 Å². The molecule has 4 amide bonds. The van der Waals surface area contributed by atoms with Gasteiger partial charge in [-0.15, -0.1) is 5.10 Å². The molecule has 0 spiro atoms. The van der Waals surface area contributed by atoms with Gasteiger partial charge in [0.15, 0.2) is 0 Å². The fourth-order valence-corrected chi connectivity index (χ4v) is 3.96. The van der Waals surface area contributed by atoms with E-state index in [1.165, 1.54) is 15.8 Å². The van der Waals surface area contributed by atoms with Crippen molar-refractivity contribution in [2.75, 3.05) is 5.32 Å². The van der Waals surface area contributed by atoms with Gasteiger partial charge < -0.3 is 10.2 Å². The first-order valence-electron chi connectivity index (χ1n) is 10.2. The van der Waals surface area contributed by atoms with Crippen LogP contribution in [0.2, 0.25) is 0 Å². The van der Waals surface area contributed by atoms with Crippen molar-refractivity contribution in [1.82, 2.24) is 35.2 Å². The third-order valence-electron chi connectivity index (χ3n) is 5.53. The number of benzene rings is 1. The van der Waals surface area contributed by atoms with Gasteiger partial charge in [0, 0.05) is 42.2 Å². The zero-order chi connectivity index (χ0) is 22.9. The molecule has 1 fully saturated rings. The van der Waals surface area contributed by atoms with E-state index < -0.39 is 11.9 Å². The predicted molar refractivity (Wildman–Crippen MR) is 112 cm³/mol. The van der Waals surface area contributed by atoms with Gasteiger partial charge in [0.25, 0.3) is 5.91 Å². The Bertz CT molecular complexity index is 1270. The largest absolute Gasteiger partial charge is 0.324 e. The number of fused-ring (bicyclic) bond motifs is 1. The maximum Gasteiger partial charge on any atom is 0.255 e. The van der Waals surface area contributed by atoms with Crippen molar-refractivity contribution in [3.05, 3.63) is 54.1 Å². The van der Waals surface area contributed by atoms with E-state index in [4.69, 9.17) is 0 Å². The van der Waals surface area contributed by atoms with Crippen LogP contribution in [0.1, 0.15) is 28.8 Å². The van der Waals surface area contributed by atoms with Crippen molar-refractivity contribution in [1.29, 1.82) is 0 Å². The van der Waals surface area contributed by atoms with E-state index in [0.29, 0.717) is 28.2 Å². The van der Waals surface area contributed by atoms with E-state index >= 15 is 0 Å². The van der Waals surface area contributed by atoms with E-state index in [2.05, 4.69) is 30.9 Å². The van der Waals surface area contributed by atoms with E-state index in [9.17, 15) is 19.2 Å². The second-order valence-electron chi connectivity index (χ2n) is 7.67. The molecule has 2 aliphatic rings. The summed E-state index contributed by atoms with van der Waals surface area (Å²) in [6, 6.07) is 4.30. The molecule has 3 aromatic rings. The molecule has 5 rings (SSSR count). The molecule has 1 saturated heterocycles. The van der Waals surface area contributed by atoms with E-state index in [-0.39, 0.29) is 43.7 Å². The number of rotatable bonds is 5. The zero-order valence-electron chi connectivity index (χ0n) is 17.3. The van der Waals surface area contributed by atoms with Crippen molar-refractivity contribution < 1.29 is 19.2 Å². The Morgan fingerprint density at radius 3 is 2.85 bits per heavy atom. The maximum absolute atomic E-state index is 12.9. The van der Waals surface area contributed by atoms with Crippen LogP contribution in [0.4, 0.5) is 5.69 Å². The summed E-state index contributed by atoms with van der Waals surface area (Å²) in [6.45, 7) is 0.0682. The monoisotopic (exact) mass is 446 g/mol. The molecule has 33 heavy (non-hydrogen) atoms. The Morgan fingerprint density at radius 1 is 1.18 bits per heavy atom. The van der Waals surface area contributed by atoms with Crippen LogP contribution in [-0.4, -0.2) is 59.5 Å². The molecule has 1 aromatic carbocycles. The van der Waals surface area contributed by atoms with Crippen molar-refractivity contribution in [2.45, 2.75) is 32.0 Å². The van der Waals surface area contributed by atoms with E-state index in [1.807, 2.05) is 0 Å². The molecule has 0 bridgehead atoms. The summed E-state index contributed by atoms with van der Waals surface area (Å²) in [5.74, 6) is -1.49. The van der Waals surface area contributed by atoms with Gasteiger partial charge in [-0.25, -0.2) is 4.68 Å². The van der Waals surface area contributed by atoms with Crippen LogP contribution < -0.4 is 10.6 Å². The Morgan fingerprint density at radius 2 is 2.06 bits per heavy atom. The summed E-state index contributed by atoms with van der Waals surface area (Å²) in [7, 11) is 0. The van der Waals surface area contributed by atoms with Crippen LogP contribution in [0.5, 0.6) is 0 Å². The van der Waals surface area contributed by atoms with Gasteiger partial charge in [-0.3, -0.25) is 34.5 Å². The van der Waals surface area contributed by atoms with Crippen molar-refractivity contribution in [2.24, 2.45) is 0 Å². The van der Waals surface area contributed by atoms with E-state index in [1.54, 1.807) is 36.8 Å². The number of nitrogens with zero attached hydrogens (tertiary/aromatic N) is 6. The molecule has 4 heterocycles. The molecule has 0 radical (unpaired) electrons. The molecule has 0 aliphatic carbocycles. The molecule has 2 aliphatic heterocycles. The summed E-state index contributed by atoms with van der Waals surface area (Å²) in [4.78, 5) is 58.8. The van der Waals surface area contributed by atoms with Crippen LogP contribution in [0.15, 0.2) is 43.0 Å². The zero-order valence-corrected chi connectivity index (χ0v) is 17.3. The van der Waals surface area contributed by atoms with Crippen molar-refractivity contribution >= 4 is 29.3 Å². The highest BCUT2D eigenvalue weighted by molar-refractivity contribution is 6.06. The summed E-state index contributed by atoms with van der Waals surface area (Å²) in [6.07, 6.45) is 6.67. The van der Waals surface area contributed by atoms with Crippen LogP contribution in [0, 0.1) is 0 Å². The SMILES string of the molecule is O=C1CCC(N2Cc3c(NC(=O)Cn4cc(-c5cnccn5)nn4)cccc3C2=O)C(=O)N1. The molecular weight excluding hydrogens is 428 g/mol. The third kappa shape index (κ3) is 3.93. The first kappa shape index (κ1) is 20.4. The molecule has 12 heteroatoms. The number of amides is 4. The van der Waals surface area contributed by atoms with Gasteiger partial charge >= 0.3 is 0 Å². The topological polar surface area (TPSA) is 152 Å². The normalized spacial score (nSPS) is 17.6. The lowest BCUT2D eigenvalue weighted by atomic mass is 10.0. The highest BCUT2D eigenvalue weighted by Gasteiger charge is 2.39. The van der Waals surface area contributed by atoms with Gasteiger partial charge in [-0.05, 0) is 18.6 Å². The molecule has 12 nitrogen and oxygen atoms in total. The highest BCUT2D eigenvalue weighted by Crippen LogP contribution is 2.32. The molecule has 1 atom stereocenters. The number of carbonyl (C=O) groups is 4. The fraction of sp³-hybridized carbons (Fsp3) is 0.238. The van der Waals surface area contributed by atoms with Crippen molar-refractivity contribution in [3.63, 3.8) is 0 Å². The number of hydrogen-bond donors (Lipinski definition) is 2. The number of imide groups is 1. The number of hydrogen-bond acceptors (Lipinski definition) is 8. The molecule has 1 unspecified atom stereocenters. The van der Waals surface area contributed by atoms with Gasteiger partial charge in [-0.2, -0.15) is 0 Å². The second kappa shape index (κ2) is 8.22. The highest BCUT2D eigenvalue weighted by atomic mass is 16.2. The average molecular weight is 446 g/mol. The average Bonchev–Trinajstić information content (AvgIpc) is 3.40. The molecular formula is C21H18N8O4. The van der Waals surface area contributed by atoms with E-state index in [0.717, 1.165) is 0 Å². The number of carbonyl (C=O) groups excluding carboxylic acids is 4. The minimum atomic E-state index is -0.721. The quantitative estimate of drug-likeness (QED) is 0.525. The van der Waals surface area contributed by atoms with Crippen LogP contribution in [0.3, 0.4) is 0 Å². The summed E-state index contributed by atoms with van der Waals surface area (Å²) >= 11 is 0.